The largest absolute Gasteiger partial charge is 0.315 e. The van der Waals surface area contributed by atoms with Gasteiger partial charge in [0.15, 0.2) is 0 Å². The number of benzene rings is 1. The highest BCUT2D eigenvalue weighted by atomic mass is 32.2. The van der Waals surface area contributed by atoms with Crippen LogP contribution in [-0.4, -0.2) is 21.4 Å². The van der Waals surface area contributed by atoms with Gasteiger partial charge in [-0.25, -0.2) is 13.6 Å². The summed E-state index contributed by atoms with van der Waals surface area (Å²) in [6.45, 7) is 0. The molecule has 0 heterocycles. The van der Waals surface area contributed by atoms with Crippen molar-refractivity contribution in [3.8, 4) is 0 Å². The van der Waals surface area contributed by atoms with E-state index in [2.05, 4.69) is 12.2 Å². The molecule has 0 spiro atoms. The van der Waals surface area contributed by atoms with Crippen LogP contribution in [-0.2, 0) is 14.8 Å². The average Bonchev–Trinajstić information content (AvgIpc) is 2.90. The number of amides is 1. The van der Waals surface area contributed by atoms with Crippen LogP contribution in [0.1, 0.15) is 19.3 Å². The molecule has 1 aromatic rings. The average molecular weight is 294 g/mol. The topological polar surface area (TPSA) is 80.5 Å². The van der Waals surface area contributed by atoms with E-state index in [1.54, 1.807) is 24.1 Å². The summed E-state index contributed by atoms with van der Waals surface area (Å²) in [6.07, 6.45) is 6.70. The molecule has 0 saturated carbocycles. The Morgan fingerprint density at radius 1 is 1.35 bits per heavy atom. The van der Waals surface area contributed by atoms with Crippen LogP contribution >= 0.6 is 0 Å². The van der Waals surface area contributed by atoms with Gasteiger partial charge < -0.3 is 4.90 Å². The highest BCUT2D eigenvalue weighted by Crippen LogP contribution is 2.23. The molecule has 6 heteroatoms. The zero-order chi connectivity index (χ0) is 14.8. The van der Waals surface area contributed by atoms with E-state index in [0.717, 1.165) is 12.8 Å². The van der Waals surface area contributed by atoms with Gasteiger partial charge in [-0.3, -0.25) is 4.79 Å². The van der Waals surface area contributed by atoms with E-state index in [4.69, 9.17) is 5.14 Å². The normalized spacial score (nSPS) is 18.2. The van der Waals surface area contributed by atoms with Crippen molar-refractivity contribution >= 4 is 21.6 Å². The molecule has 0 aliphatic heterocycles. The minimum absolute atomic E-state index is 0.0184. The third-order valence-electron chi connectivity index (χ3n) is 3.48. The number of carbonyl (C=O) groups is 1. The van der Waals surface area contributed by atoms with Crippen LogP contribution in [0.15, 0.2) is 41.3 Å². The summed E-state index contributed by atoms with van der Waals surface area (Å²) in [6, 6.07) is 5.98. The van der Waals surface area contributed by atoms with Crippen molar-refractivity contribution < 1.29 is 13.2 Å². The first-order chi connectivity index (χ1) is 9.38. The lowest BCUT2D eigenvalue weighted by molar-refractivity contribution is -0.118. The molecular weight excluding hydrogens is 276 g/mol. The van der Waals surface area contributed by atoms with Crippen LogP contribution in [0, 0.1) is 5.92 Å². The highest BCUT2D eigenvalue weighted by molar-refractivity contribution is 7.89. The van der Waals surface area contributed by atoms with E-state index in [1.165, 1.54) is 12.1 Å². The lowest BCUT2D eigenvalue weighted by Gasteiger charge is -2.19. The van der Waals surface area contributed by atoms with Crippen molar-refractivity contribution in [2.75, 3.05) is 11.9 Å². The van der Waals surface area contributed by atoms with Crippen LogP contribution in [0.25, 0.3) is 0 Å². The quantitative estimate of drug-likeness (QED) is 0.857. The summed E-state index contributed by atoms with van der Waals surface area (Å²) in [7, 11) is -2.01. The summed E-state index contributed by atoms with van der Waals surface area (Å²) in [4.78, 5) is 13.7. The Kier molecular flexibility index (Phi) is 4.25. The van der Waals surface area contributed by atoms with Crippen LogP contribution in [0.3, 0.4) is 0 Å². The van der Waals surface area contributed by atoms with Gasteiger partial charge in [-0.15, -0.1) is 0 Å². The molecule has 0 fully saturated rings. The first-order valence-corrected chi connectivity index (χ1v) is 7.98. The minimum Gasteiger partial charge on any atom is -0.315 e. The Morgan fingerprint density at radius 3 is 2.50 bits per heavy atom. The summed E-state index contributed by atoms with van der Waals surface area (Å²) in [5.41, 5.74) is 0.657. The lowest BCUT2D eigenvalue weighted by Crippen LogP contribution is -2.27. The monoisotopic (exact) mass is 294 g/mol. The van der Waals surface area contributed by atoms with Gasteiger partial charge in [0.05, 0.1) is 4.90 Å². The first kappa shape index (κ1) is 14.7. The number of sulfonamides is 1. The molecule has 1 aromatic carbocycles. The molecular formula is C14H18N2O3S. The Balaban J connectivity index is 2.06. The predicted molar refractivity (Wildman–Crippen MR) is 77.7 cm³/mol. The fraction of sp³-hybridized carbons (Fsp3) is 0.357. The van der Waals surface area contributed by atoms with Crippen molar-refractivity contribution in [2.45, 2.75) is 24.2 Å². The lowest BCUT2D eigenvalue weighted by atomic mass is 10.0. The third kappa shape index (κ3) is 3.46. The predicted octanol–water partition coefficient (Wildman–Crippen LogP) is 1.65. The standard InChI is InChI=1S/C14H18N2O3S/c1-16(14(17)10-11-4-2-3-5-11)12-6-8-13(9-7-12)20(15,18)19/h2,4,6-9,11H,3,5,10H2,1H3,(H2,15,18,19). The van der Waals surface area contributed by atoms with Gasteiger partial charge in [-0.2, -0.15) is 0 Å². The molecule has 0 bridgehead atoms. The molecule has 0 saturated heterocycles. The number of hydrogen-bond donors (Lipinski definition) is 1. The smallest absolute Gasteiger partial charge is 0.238 e. The minimum atomic E-state index is -3.70. The molecule has 0 aromatic heterocycles. The highest BCUT2D eigenvalue weighted by Gasteiger charge is 2.18. The van der Waals surface area contributed by atoms with Crippen molar-refractivity contribution in [2.24, 2.45) is 11.1 Å². The van der Waals surface area contributed by atoms with Crippen molar-refractivity contribution in [1.29, 1.82) is 0 Å². The molecule has 1 aliphatic carbocycles. The second kappa shape index (κ2) is 5.76. The molecule has 5 nitrogen and oxygen atoms in total. The number of nitrogens with two attached hydrogens (primary N) is 1. The summed E-state index contributed by atoms with van der Waals surface area (Å²) >= 11 is 0. The Labute approximate surface area is 119 Å². The SMILES string of the molecule is CN(C(=O)CC1C=CCC1)c1ccc(S(N)(=O)=O)cc1. The van der Waals surface area contributed by atoms with Gasteiger partial charge >= 0.3 is 0 Å². The number of primary sulfonamides is 1. The zero-order valence-corrected chi connectivity index (χ0v) is 12.1. The molecule has 108 valence electrons. The van der Waals surface area contributed by atoms with E-state index >= 15 is 0 Å². The van der Waals surface area contributed by atoms with Crippen LogP contribution < -0.4 is 10.0 Å². The number of carbonyl (C=O) groups excluding carboxylic acids is 1. The van der Waals surface area contributed by atoms with Crippen LogP contribution in [0.5, 0.6) is 0 Å². The fourth-order valence-corrected chi connectivity index (χ4v) is 2.75. The van der Waals surface area contributed by atoms with Crippen molar-refractivity contribution in [3.05, 3.63) is 36.4 Å². The van der Waals surface area contributed by atoms with Gasteiger partial charge in [0.25, 0.3) is 0 Å². The third-order valence-corrected chi connectivity index (χ3v) is 4.41. The Morgan fingerprint density at radius 2 is 2.00 bits per heavy atom. The number of allylic oxidation sites excluding steroid dienone is 2. The maximum absolute atomic E-state index is 12.1. The van der Waals surface area contributed by atoms with E-state index < -0.39 is 10.0 Å². The Bertz CT molecular complexity index is 620. The number of anilines is 1. The van der Waals surface area contributed by atoms with Gasteiger partial charge in [0.2, 0.25) is 15.9 Å². The van der Waals surface area contributed by atoms with E-state index in [0.29, 0.717) is 18.0 Å². The Hall–Kier alpha value is -1.66. The van der Waals surface area contributed by atoms with Gasteiger partial charge in [0.1, 0.15) is 0 Å². The van der Waals surface area contributed by atoms with Crippen LogP contribution in [0.4, 0.5) is 5.69 Å². The molecule has 1 amide bonds. The maximum Gasteiger partial charge on any atom is 0.238 e. The molecule has 1 aliphatic rings. The van der Waals surface area contributed by atoms with Gasteiger partial charge in [0, 0.05) is 19.2 Å². The first-order valence-electron chi connectivity index (χ1n) is 6.44. The van der Waals surface area contributed by atoms with E-state index in [9.17, 15) is 13.2 Å². The molecule has 1 unspecified atom stereocenters. The van der Waals surface area contributed by atoms with Gasteiger partial charge in [-0.1, -0.05) is 12.2 Å². The van der Waals surface area contributed by atoms with Crippen LogP contribution in [0.2, 0.25) is 0 Å². The molecule has 1 atom stereocenters. The van der Waals surface area contributed by atoms with E-state index in [-0.39, 0.29) is 10.8 Å². The molecule has 2 rings (SSSR count). The maximum atomic E-state index is 12.1. The van der Waals surface area contributed by atoms with E-state index in [1.807, 2.05) is 0 Å². The number of hydrogen-bond acceptors (Lipinski definition) is 3. The number of nitrogens with zero attached hydrogens (tertiary/aromatic N) is 1. The summed E-state index contributed by atoms with van der Waals surface area (Å²) in [5, 5.41) is 5.04. The fourth-order valence-electron chi connectivity index (χ4n) is 2.23. The second-order valence-electron chi connectivity index (χ2n) is 4.96. The molecule has 0 radical (unpaired) electrons. The van der Waals surface area contributed by atoms with Crippen molar-refractivity contribution in [1.82, 2.24) is 0 Å². The molecule has 2 N–H and O–H groups in total. The molecule has 20 heavy (non-hydrogen) atoms. The van der Waals surface area contributed by atoms with Crippen molar-refractivity contribution in [3.63, 3.8) is 0 Å². The zero-order valence-electron chi connectivity index (χ0n) is 11.3. The number of rotatable bonds is 4. The summed E-state index contributed by atoms with van der Waals surface area (Å²) < 4.78 is 22.3. The second-order valence-corrected chi connectivity index (χ2v) is 6.52. The van der Waals surface area contributed by atoms with Gasteiger partial charge in [-0.05, 0) is 43.0 Å². The summed E-state index contributed by atoms with van der Waals surface area (Å²) in [5.74, 6) is 0.332.